The zero-order chi connectivity index (χ0) is 34.8. The Labute approximate surface area is 268 Å². The number of benzene rings is 1. The average molecular weight is 635 g/mol. The molecule has 0 radical (unpaired) electrons. The Morgan fingerprint density at radius 3 is 1.56 bits per heavy atom. The molecule has 0 saturated heterocycles. The molecule has 1 aromatic carbocycles. The van der Waals surface area contributed by atoms with Gasteiger partial charge in [0.2, 0.25) is 0 Å². The predicted molar refractivity (Wildman–Crippen MR) is 169 cm³/mol. The Hall–Kier alpha value is -3.43. The lowest BCUT2D eigenvalue weighted by Crippen LogP contribution is -2.37. The third-order valence-corrected chi connectivity index (χ3v) is 6.52. The van der Waals surface area contributed by atoms with Gasteiger partial charge in [0.05, 0.1) is 18.4 Å². The van der Waals surface area contributed by atoms with Crippen LogP contribution in [-0.2, 0) is 42.9 Å². The highest BCUT2D eigenvalue weighted by Gasteiger charge is 2.36. The van der Waals surface area contributed by atoms with Crippen molar-refractivity contribution in [2.75, 3.05) is 6.61 Å². The fraction of sp³-hybridized carbons (Fsp3) is 0.686. The van der Waals surface area contributed by atoms with Gasteiger partial charge in [0.1, 0.15) is 22.6 Å². The summed E-state index contributed by atoms with van der Waals surface area (Å²) in [5.74, 6) is -5.00. The molecule has 254 valence electrons. The lowest BCUT2D eigenvalue weighted by atomic mass is 9.84. The molecule has 10 heteroatoms. The SMILES string of the molecule is CCC(CC(CC(C)c1ccc(OC(C)=O)cc1)C(=O)OC(C)(C)C)C(=O)OCCC(C(=O)OC(C)(C)C)C(=O)OC(C)(C)C. The first-order valence-corrected chi connectivity index (χ1v) is 15.6. The number of hydrogen-bond acceptors (Lipinski definition) is 10. The van der Waals surface area contributed by atoms with Gasteiger partial charge in [-0.15, -0.1) is 0 Å². The summed E-state index contributed by atoms with van der Waals surface area (Å²) >= 11 is 0. The van der Waals surface area contributed by atoms with Gasteiger partial charge >= 0.3 is 29.8 Å². The second-order valence-corrected chi connectivity index (χ2v) is 14.4. The lowest BCUT2D eigenvalue weighted by Gasteiger charge is -2.28. The number of rotatable bonds is 14. The molecule has 10 nitrogen and oxygen atoms in total. The van der Waals surface area contributed by atoms with Crippen LogP contribution in [0, 0.1) is 17.8 Å². The molecule has 0 amide bonds. The van der Waals surface area contributed by atoms with Gasteiger partial charge in [-0.25, -0.2) is 0 Å². The van der Waals surface area contributed by atoms with Gasteiger partial charge in [-0.2, -0.15) is 0 Å². The van der Waals surface area contributed by atoms with Crippen LogP contribution in [0.1, 0.15) is 120 Å². The van der Waals surface area contributed by atoms with Crippen LogP contribution in [0.2, 0.25) is 0 Å². The van der Waals surface area contributed by atoms with Crippen LogP contribution in [0.15, 0.2) is 24.3 Å². The molecule has 1 rings (SSSR count). The van der Waals surface area contributed by atoms with Crippen LogP contribution >= 0.6 is 0 Å². The maximum atomic E-state index is 13.3. The Morgan fingerprint density at radius 2 is 1.13 bits per heavy atom. The van der Waals surface area contributed by atoms with E-state index in [0.29, 0.717) is 18.6 Å². The predicted octanol–water partition coefficient (Wildman–Crippen LogP) is 6.71. The Morgan fingerprint density at radius 1 is 0.667 bits per heavy atom. The van der Waals surface area contributed by atoms with E-state index in [1.54, 1.807) is 74.4 Å². The van der Waals surface area contributed by atoms with Crippen LogP contribution in [0.5, 0.6) is 5.75 Å². The summed E-state index contributed by atoms with van der Waals surface area (Å²) in [7, 11) is 0. The zero-order valence-electron chi connectivity index (χ0n) is 29.2. The summed E-state index contributed by atoms with van der Waals surface area (Å²) < 4.78 is 27.2. The molecule has 0 N–H and O–H groups in total. The molecule has 0 bridgehead atoms. The van der Waals surface area contributed by atoms with Crippen molar-refractivity contribution in [2.24, 2.45) is 17.8 Å². The molecule has 0 aliphatic carbocycles. The topological polar surface area (TPSA) is 132 Å². The number of ether oxygens (including phenoxy) is 5. The normalized spacial score (nSPS) is 14.2. The highest BCUT2D eigenvalue weighted by Crippen LogP contribution is 2.32. The molecular weight excluding hydrogens is 580 g/mol. The van der Waals surface area contributed by atoms with Crippen molar-refractivity contribution in [1.29, 1.82) is 0 Å². The number of carbonyl (C=O) groups excluding carboxylic acids is 5. The van der Waals surface area contributed by atoms with E-state index in [1.165, 1.54) is 6.92 Å². The standard InChI is InChI=1S/C35H54O10/c1-13-24(29(37)41-19-18-28(31(39)44-34(7,8)9)32(40)45-35(10,11)12)21-26(30(38)43-33(4,5)6)20-22(2)25-14-16-27(17-15-25)42-23(3)36/h14-17,22,24,26,28H,13,18-21H2,1-12H3. The maximum Gasteiger partial charge on any atom is 0.320 e. The molecule has 0 aliphatic heterocycles. The van der Waals surface area contributed by atoms with Crippen LogP contribution in [0.25, 0.3) is 0 Å². The van der Waals surface area contributed by atoms with Crippen molar-refractivity contribution in [2.45, 2.75) is 131 Å². The maximum absolute atomic E-state index is 13.3. The minimum atomic E-state index is -1.26. The molecular formula is C35H54O10. The summed E-state index contributed by atoms with van der Waals surface area (Å²) in [6.07, 6.45) is 0.902. The molecule has 0 saturated carbocycles. The van der Waals surface area contributed by atoms with Gasteiger partial charge in [-0.1, -0.05) is 26.0 Å². The first kappa shape index (κ1) is 39.6. The van der Waals surface area contributed by atoms with Crippen LogP contribution < -0.4 is 4.74 Å². The number of esters is 5. The third kappa shape index (κ3) is 15.9. The van der Waals surface area contributed by atoms with E-state index in [2.05, 4.69) is 0 Å². The molecule has 0 aromatic heterocycles. The highest BCUT2D eigenvalue weighted by molar-refractivity contribution is 5.95. The minimum Gasteiger partial charge on any atom is -0.465 e. The van der Waals surface area contributed by atoms with Crippen LogP contribution in [0.4, 0.5) is 0 Å². The highest BCUT2D eigenvalue weighted by atomic mass is 16.6. The van der Waals surface area contributed by atoms with E-state index in [9.17, 15) is 24.0 Å². The lowest BCUT2D eigenvalue weighted by molar-refractivity contribution is -0.176. The summed E-state index contributed by atoms with van der Waals surface area (Å²) in [5, 5.41) is 0. The van der Waals surface area contributed by atoms with E-state index in [1.807, 2.05) is 26.0 Å². The molecule has 1 aromatic rings. The minimum absolute atomic E-state index is 0.0779. The Balaban J connectivity index is 3.05. The van der Waals surface area contributed by atoms with E-state index >= 15 is 0 Å². The van der Waals surface area contributed by atoms with Crippen molar-refractivity contribution in [3.8, 4) is 5.75 Å². The van der Waals surface area contributed by atoms with E-state index in [4.69, 9.17) is 23.7 Å². The quantitative estimate of drug-likeness (QED) is 0.0941. The first-order chi connectivity index (χ1) is 20.5. The molecule has 0 aliphatic rings. The van der Waals surface area contributed by atoms with Gasteiger partial charge in [0, 0.05) is 13.3 Å². The van der Waals surface area contributed by atoms with Gasteiger partial charge in [0.15, 0.2) is 5.92 Å². The van der Waals surface area contributed by atoms with Gasteiger partial charge in [-0.05, 0) is 105 Å². The summed E-state index contributed by atoms with van der Waals surface area (Å²) in [6, 6.07) is 7.08. The van der Waals surface area contributed by atoms with E-state index in [0.717, 1.165) is 5.56 Å². The van der Waals surface area contributed by atoms with Gasteiger partial charge < -0.3 is 23.7 Å². The van der Waals surface area contributed by atoms with Crippen molar-refractivity contribution in [3.05, 3.63) is 29.8 Å². The fourth-order valence-electron chi connectivity index (χ4n) is 4.51. The molecule has 0 heterocycles. The van der Waals surface area contributed by atoms with Crippen LogP contribution in [-0.4, -0.2) is 53.3 Å². The van der Waals surface area contributed by atoms with Crippen molar-refractivity contribution in [1.82, 2.24) is 0 Å². The second kappa shape index (κ2) is 16.8. The number of carbonyl (C=O) groups is 5. The molecule has 0 spiro atoms. The summed E-state index contributed by atoms with van der Waals surface area (Å²) in [6.45, 7) is 20.5. The smallest absolute Gasteiger partial charge is 0.320 e. The third-order valence-electron chi connectivity index (χ3n) is 6.52. The molecule has 3 unspecified atom stereocenters. The molecule has 3 atom stereocenters. The summed E-state index contributed by atoms with van der Waals surface area (Å²) in [4.78, 5) is 63.5. The van der Waals surface area contributed by atoms with E-state index in [-0.39, 0.29) is 25.4 Å². The first-order valence-electron chi connectivity index (χ1n) is 15.6. The molecule has 0 fully saturated rings. The van der Waals surface area contributed by atoms with E-state index < -0.39 is 64.4 Å². The Bertz CT molecular complexity index is 1120. The zero-order valence-corrected chi connectivity index (χ0v) is 29.2. The molecule has 45 heavy (non-hydrogen) atoms. The van der Waals surface area contributed by atoms with Gasteiger partial charge in [-0.3, -0.25) is 24.0 Å². The Kier molecular flexibility index (Phi) is 14.7. The van der Waals surface area contributed by atoms with Crippen molar-refractivity contribution < 1.29 is 47.7 Å². The van der Waals surface area contributed by atoms with Crippen molar-refractivity contribution in [3.63, 3.8) is 0 Å². The largest absolute Gasteiger partial charge is 0.465 e. The van der Waals surface area contributed by atoms with Crippen LogP contribution in [0.3, 0.4) is 0 Å². The fourth-order valence-corrected chi connectivity index (χ4v) is 4.51. The average Bonchev–Trinajstić information content (AvgIpc) is 2.85. The number of hydrogen-bond donors (Lipinski definition) is 0. The second-order valence-electron chi connectivity index (χ2n) is 14.4. The summed E-state index contributed by atoms with van der Waals surface area (Å²) in [5.41, 5.74) is -1.42. The van der Waals surface area contributed by atoms with Crippen molar-refractivity contribution >= 4 is 29.8 Å². The van der Waals surface area contributed by atoms with Gasteiger partial charge in [0.25, 0.3) is 0 Å². The monoisotopic (exact) mass is 634 g/mol.